The Balaban J connectivity index is 1.30. The fourth-order valence-electron chi connectivity index (χ4n) is 3.48. The summed E-state index contributed by atoms with van der Waals surface area (Å²) in [6.07, 6.45) is 2.76. The summed E-state index contributed by atoms with van der Waals surface area (Å²) in [7, 11) is 0. The van der Waals surface area contributed by atoms with Crippen molar-refractivity contribution in [3.05, 3.63) is 45.2 Å². The third-order valence-electron chi connectivity index (χ3n) is 4.93. The Hall–Kier alpha value is -1.63. The zero-order chi connectivity index (χ0) is 17.2. The van der Waals surface area contributed by atoms with Gasteiger partial charge in [-0.15, -0.1) is 11.3 Å². The van der Waals surface area contributed by atoms with Gasteiger partial charge in [-0.25, -0.2) is 4.98 Å². The number of halogens is 1. The summed E-state index contributed by atoms with van der Waals surface area (Å²) in [4.78, 5) is 24.9. The molecular weight excluding hydrogens is 356 g/mol. The van der Waals surface area contributed by atoms with Crippen molar-refractivity contribution in [2.75, 3.05) is 44.2 Å². The molecule has 0 N–H and O–H groups in total. The van der Waals surface area contributed by atoms with Crippen LogP contribution in [0.1, 0.15) is 10.4 Å². The van der Waals surface area contributed by atoms with Crippen LogP contribution in [-0.2, 0) is 17.8 Å². The van der Waals surface area contributed by atoms with Gasteiger partial charge in [-0.1, -0.05) is 11.6 Å². The van der Waals surface area contributed by atoms with Crippen molar-refractivity contribution in [3.63, 3.8) is 0 Å². The number of anilines is 1. The highest BCUT2D eigenvalue weighted by Crippen LogP contribution is 2.25. The number of carbonyl (C=O) groups is 1. The molecule has 0 saturated carbocycles. The number of fused-ring (bicyclic) bond motifs is 1. The van der Waals surface area contributed by atoms with E-state index in [1.165, 1.54) is 10.4 Å². The number of pyridine rings is 1. The van der Waals surface area contributed by atoms with Gasteiger partial charge in [-0.2, -0.15) is 0 Å². The van der Waals surface area contributed by atoms with E-state index in [0.29, 0.717) is 11.6 Å². The Morgan fingerprint density at radius 2 is 2.04 bits per heavy atom. The zero-order valence-electron chi connectivity index (χ0n) is 14.0. The van der Waals surface area contributed by atoms with Crippen molar-refractivity contribution in [1.29, 1.82) is 0 Å². The summed E-state index contributed by atoms with van der Waals surface area (Å²) in [6.45, 7) is 5.52. The van der Waals surface area contributed by atoms with Crippen LogP contribution < -0.4 is 4.90 Å². The van der Waals surface area contributed by atoms with Gasteiger partial charge in [0.2, 0.25) is 5.91 Å². The van der Waals surface area contributed by atoms with E-state index < -0.39 is 0 Å². The monoisotopic (exact) mass is 376 g/mol. The van der Waals surface area contributed by atoms with Gasteiger partial charge >= 0.3 is 0 Å². The SMILES string of the molecule is O=C(CN1CCN(c2ncccc2Cl)CC1)N1CCc2sccc2C1. The van der Waals surface area contributed by atoms with Crippen molar-refractivity contribution >= 4 is 34.7 Å². The van der Waals surface area contributed by atoms with Crippen molar-refractivity contribution in [2.45, 2.75) is 13.0 Å². The van der Waals surface area contributed by atoms with E-state index in [0.717, 1.165) is 51.5 Å². The largest absolute Gasteiger partial charge is 0.353 e. The average molecular weight is 377 g/mol. The molecule has 0 bridgehead atoms. The van der Waals surface area contributed by atoms with E-state index in [4.69, 9.17) is 11.6 Å². The van der Waals surface area contributed by atoms with Crippen molar-refractivity contribution in [1.82, 2.24) is 14.8 Å². The molecule has 2 aromatic rings. The fraction of sp³-hybridized carbons (Fsp3) is 0.444. The van der Waals surface area contributed by atoms with Crippen LogP contribution in [0.5, 0.6) is 0 Å². The lowest BCUT2D eigenvalue weighted by atomic mass is 10.1. The second-order valence-corrected chi connectivity index (χ2v) is 7.91. The first-order chi connectivity index (χ1) is 12.2. The van der Waals surface area contributed by atoms with E-state index in [1.54, 1.807) is 17.5 Å². The van der Waals surface area contributed by atoms with Gasteiger partial charge in [0, 0.05) is 50.3 Å². The lowest BCUT2D eigenvalue weighted by molar-refractivity contribution is -0.133. The van der Waals surface area contributed by atoms with Gasteiger partial charge in [0.15, 0.2) is 0 Å². The topological polar surface area (TPSA) is 39.7 Å². The van der Waals surface area contributed by atoms with E-state index in [2.05, 4.69) is 26.2 Å². The van der Waals surface area contributed by atoms with Gasteiger partial charge in [0.05, 0.1) is 11.6 Å². The summed E-state index contributed by atoms with van der Waals surface area (Å²) < 4.78 is 0. The van der Waals surface area contributed by atoms with Gasteiger partial charge < -0.3 is 9.80 Å². The lowest BCUT2D eigenvalue weighted by Crippen LogP contribution is -2.50. The van der Waals surface area contributed by atoms with Crippen molar-refractivity contribution in [3.8, 4) is 0 Å². The van der Waals surface area contributed by atoms with Gasteiger partial charge in [0.1, 0.15) is 5.82 Å². The molecule has 1 fully saturated rings. The molecule has 0 spiro atoms. The number of piperazine rings is 1. The maximum absolute atomic E-state index is 12.6. The molecule has 0 radical (unpaired) electrons. The maximum atomic E-state index is 12.6. The number of hydrogen-bond acceptors (Lipinski definition) is 5. The Kier molecular flexibility index (Phi) is 4.92. The molecule has 1 amide bonds. The minimum absolute atomic E-state index is 0.237. The molecule has 4 heterocycles. The fourth-order valence-corrected chi connectivity index (χ4v) is 4.61. The van der Waals surface area contributed by atoms with Crippen LogP contribution >= 0.6 is 22.9 Å². The normalized spacial score (nSPS) is 18.3. The number of carbonyl (C=O) groups excluding carboxylic acids is 1. The molecule has 0 aromatic carbocycles. The summed E-state index contributed by atoms with van der Waals surface area (Å²) in [5.41, 5.74) is 1.32. The zero-order valence-corrected chi connectivity index (χ0v) is 15.6. The van der Waals surface area contributed by atoms with Crippen LogP contribution in [0.3, 0.4) is 0 Å². The Labute approximate surface area is 156 Å². The van der Waals surface area contributed by atoms with Crippen molar-refractivity contribution in [2.24, 2.45) is 0 Å². The number of hydrogen-bond donors (Lipinski definition) is 0. The molecule has 132 valence electrons. The van der Waals surface area contributed by atoms with Gasteiger partial charge in [0.25, 0.3) is 0 Å². The molecular formula is C18H21ClN4OS. The molecule has 2 aromatic heterocycles. The Morgan fingerprint density at radius 1 is 1.20 bits per heavy atom. The predicted octanol–water partition coefficient (Wildman–Crippen LogP) is 2.50. The van der Waals surface area contributed by atoms with Crippen LogP contribution in [0.15, 0.2) is 29.8 Å². The van der Waals surface area contributed by atoms with E-state index in [1.807, 2.05) is 17.0 Å². The Bertz CT molecular complexity index is 757. The Morgan fingerprint density at radius 3 is 2.84 bits per heavy atom. The summed E-state index contributed by atoms with van der Waals surface area (Å²) in [5, 5.41) is 2.81. The van der Waals surface area contributed by atoms with E-state index in [9.17, 15) is 4.79 Å². The van der Waals surface area contributed by atoms with Crippen LogP contribution in [0.25, 0.3) is 0 Å². The number of aromatic nitrogens is 1. The maximum Gasteiger partial charge on any atom is 0.237 e. The summed E-state index contributed by atoms with van der Waals surface area (Å²) in [5.74, 6) is 1.08. The number of nitrogens with zero attached hydrogens (tertiary/aromatic N) is 4. The van der Waals surface area contributed by atoms with Crippen molar-refractivity contribution < 1.29 is 4.79 Å². The third kappa shape index (κ3) is 3.66. The molecule has 1 saturated heterocycles. The average Bonchev–Trinajstić information content (AvgIpc) is 3.10. The minimum Gasteiger partial charge on any atom is -0.353 e. The highest BCUT2D eigenvalue weighted by Gasteiger charge is 2.25. The van der Waals surface area contributed by atoms with Crippen LogP contribution in [0, 0.1) is 0 Å². The second-order valence-electron chi connectivity index (χ2n) is 6.51. The van der Waals surface area contributed by atoms with E-state index in [-0.39, 0.29) is 5.91 Å². The number of thiophene rings is 1. The molecule has 0 aliphatic carbocycles. The van der Waals surface area contributed by atoms with E-state index >= 15 is 0 Å². The molecule has 2 aliphatic heterocycles. The highest BCUT2D eigenvalue weighted by molar-refractivity contribution is 7.10. The summed E-state index contributed by atoms with van der Waals surface area (Å²) in [6, 6.07) is 5.86. The summed E-state index contributed by atoms with van der Waals surface area (Å²) >= 11 is 8.04. The standard InChI is InChI=1S/C18H21ClN4OS/c19-15-2-1-5-20-18(15)22-9-7-21(8-10-22)13-17(24)23-6-3-16-14(12-23)4-11-25-16/h1-2,4-5,11H,3,6-10,12-13H2. The second kappa shape index (κ2) is 7.32. The van der Waals surface area contributed by atoms with Gasteiger partial charge in [-0.3, -0.25) is 9.69 Å². The first-order valence-corrected chi connectivity index (χ1v) is 9.87. The highest BCUT2D eigenvalue weighted by atomic mass is 35.5. The molecule has 0 atom stereocenters. The number of amides is 1. The van der Waals surface area contributed by atoms with Crippen LogP contribution in [-0.4, -0.2) is 60.0 Å². The molecule has 4 rings (SSSR count). The predicted molar refractivity (Wildman–Crippen MR) is 101 cm³/mol. The molecule has 25 heavy (non-hydrogen) atoms. The molecule has 2 aliphatic rings. The first kappa shape index (κ1) is 16.8. The number of rotatable bonds is 3. The smallest absolute Gasteiger partial charge is 0.237 e. The third-order valence-corrected chi connectivity index (χ3v) is 6.25. The van der Waals surface area contributed by atoms with Crippen LogP contribution in [0.2, 0.25) is 5.02 Å². The first-order valence-electron chi connectivity index (χ1n) is 8.61. The van der Waals surface area contributed by atoms with Crippen LogP contribution in [0.4, 0.5) is 5.82 Å². The minimum atomic E-state index is 0.237. The molecule has 7 heteroatoms. The quantitative estimate of drug-likeness (QED) is 0.825. The lowest BCUT2D eigenvalue weighted by Gasteiger charge is -2.36. The molecule has 5 nitrogen and oxygen atoms in total. The molecule has 0 unspecified atom stereocenters. The van der Waals surface area contributed by atoms with Gasteiger partial charge in [-0.05, 0) is 35.6 Å².